The van der Waals surface area contributed by atoms with Crippen molar-refractivity contribution >= 4 is 5.91 Å². The van der Waals surface area contributed by atoms with Gasteiger partial charge in [0, 0.05) is 6.42 Å². The predicted molar refractivity (Wildman–Crippen MR) is 59.2 cm³/mol. The van der Waals surface area contributed by atoms with Crippen molar-refractivity contribution in [1.82, 2.24) is 5.48 Å². The van der Waals surface area contributed by atoms with Gasteiger partial charge in [0.15, 0.2) is 0 Å². The lowest BCUT2D eigenvalue weighted by Gasteiger charge is -2.11. The van der Waals surface area contributed by atoms with Crippen molar-refractivity contribution in [1.29, 1.82) is 0 Å². The molecular weight excluding hydrogens is 190 g/mol. The maximum absolute atomic E-state index is 11.3. The molecule has 0 aliphatic rings. The summed E-state index contributed by atoms with van der Waals surface area (Å²) in [7, 11) is 0. The lowest BCUT2D eigenvalue weighted by atomic mass is 9.98. The third kappa shape index (κ3) is 4.13. The van der Waals surface area contributed by atoms with Crippen molar-refractivity contribution in [3.63, 3.8) is 0 Å². The van der Waals surface area contributed by atoms with Crippen LogP contribution in [0.4, 0.5) is 0 Å². The molecule has 1 atom stereocenters. The van der Waals surface area contributed by atoms with Crippen molar-refractivity contribution in [3.8, 4) is 0 Å². The smallest absolute Gasteiger partial charge is 0.244 e. The van der Waals surface area contributed by atoms with Crippen LogP contribution in [0, 0.1) is 0 Å². The van der Waals surface area contributed by atoms with Gasteiger partial charge in [0.2, 0.25) is 5.91 Å². The monoisotopic (exact) mass is 207 g/mol. The molecule has 1 N–H and O–H groups in total. The molecule has 15 heavy (non-hydrogen) atoms. The van der Waals surface area contributed by atoms with Gasteiger partial charge in [-0.25, -0.2) is 5.48 Å². The molecule has 0 aliphatic heterocycles. The van der Waals surface area contributed by atoms with E-state index in [9.17, 15) is 4.79 Å². The quantitative estimate of drug-likeness (QED) is 0.752. The molecule has 0 radical (unpaired) electrons. The molecule has 0 heterocycles. The first-order chi connectivity index (χ1) is 7.24. The molecule has 1 unspecified atom stereocenters. The Morgan fingerprint density at radius 1 is 1.40 bits per heavy atom. The highest BCUT2D eigenvalue weighted by Gasteiger charge is 2.10. The van der Waals surface area contributed by atoms with Crippen LogP contribution in [0.15, 0.2) is 30.3 Å². The molecule has 0 aliphatic carbocycles. The highest BCUT2D eigenvalue weighted by Crippen LogP contribution is 2.17. The standard InChI is InChI=1S/C12H17NO2/c1-3-15-13-12(14)9-10(2)11-7-5-4-6-8-11/h4-8,10H,3,9H2,1-2H3,(H,13,14). The zero-order valence-corrected chi connectivity index (χ0v) is 9.19. The summed E-state index contributed by atoms with van der Waals surface area (Å²) in [5, 5.41) is 0. The number of hydrogen-bond donors (Lipinski definition) is 1. The van der Waals surface area contributed by atoms with Crippen LogP contribution in [0.5, 0.6) is 0 Å². The van der Waals surface area contributed by atoms with Gasteiger partial charge in [-0.2, -0.15) is 0 Å². The summed E-state index contributed by atoms with van der Waals surface area (Å²) < 4.78 is 0. The van der Waals surface area contributed by atoms with Crippen molar-refractivity contribution in [2.24, 2.45) is 0 Å². The summed E-state index contributed by atoms with van der Waals surface area (Å²) in [5.74, 6) is 0.139. The number of rotatable bonds is 5. The first kappa shape index (κ1) is 11.7. The average molecular weight is 207 g/mol. The zero-order chi connectivity index (χ0) is 11.1. The summed E-state index contributed by atoms with van der Waals surface area (Å²) >= 11 is 0. The second-order valence-electron chi connectivity index (χ2n) is 3.47. The van der Waals surface area contributed by atoms with Crippen molar-refractivity contribution in [2.75, 3.05) is 6.61 Å². The van der Waals surface area contributed by atoms with E-state index in [1.807, 2.05) is 44.2 Å². The van der Waals surface area contributed by atoms with E-state index >= 15 is 0 Å². The Bertz CT molecular complexity index is 298. The Labute approximate surface area is 90.4 Å². The first-order valence-corrected chi connectivity index (χ1v) is 5.19. The van der Waals surface area contributed by atoms with E-state index in [4.69, 9.17) is 4.84 Å². The average Bonchev–Trinajstić information content (AvgIpc) is 2.27. The third-order valence-corrected chi connectivity index (χ3v) is 2.19. The SMILES string of the molecule is CCONC(=O)CC(C)c1ccccc1. The van der Waals surface area contributed by atoms with Crippen LogP contribution in [0.1, 0.15) is 31.7 Å². The number of hydrogen-bond acceptors (Lipinski definition) is 2. The fourth-order valence-corrected chi connectivity index (χ4v) is 1.37. The van der Waals surface area contributed by atoms with Gasteiger partial charge in [-0.15, -0.1) is 0 Å². The van der Waals surface area contributed by atoms with Crippen LogP contribution < -0.4 is 5.48 Å². The van der Waals surface area contributed by atoms with Crippen molar-refractivity contribution < 1.29 is 9.63 Å². The summed E-state index contributed by atoms with van der Waals surface area (Å²) in [4.78, 5) is 16.2. The molecular formula is C12H17NO2. The molecule has 3 heteroatoms. The molecule has 1 aromatic rings. The van der Waals surface area contributed by atoms with Gasteiger partial charge in [-0.1, -0.05) is 37.3 Å². The molecule has 0 bridgehead atoms. The lowest BCUT2D eigenvalue weighted by Crippen LogP contribution is -2.24. The number of amides is 1. The van der Waals surface area contributed by atoms with Crippen LogP contribution in [-0.4, -0.2) is 12.5 Å². The van der Waals surface area contributed by atoms with Crippen molar-refractivity contribution in [3.05, 3.63) is 35.9 Å². The van der Waals surface area contributed by atoms with E-state index in [0.717, 1.165) is 0 Å². The van der Waals surface area contributed by atoms with E-state index in [-0.39, 0.29) is 11.8 Å². The third-order valence-electron chi connectivity index (χ3n) is 2.19. The van der Waals surface area contributed by atoms with Crippen LogP contribution in [0.2, 0.25) is 0 Å². The van der Waals surface area contributed by atoms with Crippen LogP contribution in [-0.2, 0) is 9.63 Å². The number of nitrogens with one attached hydrogen (secondary N) is 1. The van der Waals surface area contributed by atoms with Crippen LogP contribution in [0.25, 0.3) is 0 Å². The minimum atomic E-state index is -0.0757. The fourth-order valence-electron chi connectivity index (χ4n) is 1.37. The van der Waals surface area contributed by atoms with E-state index < -0.39 is 0 Å². The van der Waals surface area contributed by atoms with E-state index in [2.05, 4.69) is 5.48 Å². The highest BCUT2D eigenvalue weighted by molar-refractivity contribution is 5.75. The Kier molecular flexibility index (Phi) is 4.84. The summed E-state index contributed by atoms with van der Waals surface area (Å²) in [5.41, 5.74) is 3.56. The Hall–Kier alpha value is -1.35. The van der Waals surface area contributed by atoms with Gasteiger partial charge < -0.3 is 0 Å². The van der Waals surface area contributed by atoms with Gasteiger partial charge >= 0.3 is 0 Å². The molecule has 0 aromatic heterocycles. The van der Waals surface area contributed by atoms with Gasteiger partial charge in [0.05, 0.1) is 6.61 Å². The van der Waals surface area contributed by atoms with Gasteiger partial charge in [0.1, 0.15) is 0 Å². The van der Waals surface area contributed by atoms with Gasteiger partial charge in [-0.3, -0.25) is 9.63 Å². The van der Waals surface area contributed by atoms with Crippen molar-refractivity contribution in [2.45, 2.75) is 26.2 Å². The normalized spacial score (nSPS) is 12.1. The Balaban J connectivity index is 2.42. The predicted octanol–water partition coefficient (Wildman–Crippen LogP) is 2.25. The van der Waals surface area contributed by atoms with E-state index in [0.29, 0.717) is 13.0 Å². The largest absolute Gasteiger partial charge is 0.274 e. The van der Waals surface area contributed by atoms with Gasteiger partial charge in [-0.05, 0) is 18.4 Å². The lowest BCUT2D eigenvalue weighted by molar-refractivity contribution is -0.133. The highest BCUT2D eigenvalue weighted by atomic mass is 16.6. The second-order valence-corrected chi connectivity index (χ2v) is 3.47. The first-order valence-electron chi connectivity index (χ1n) is 5.19. The molecule has 0 saturated carbocycles. The number of carbonyl (C=O) groups is 1. The molecule has 1 aromatic carbocycles. The summed E-state index contributed by atoms with van der Waals surface area (Å²) in [6.45, 7) is 4.35. The maximum atomic E-state index is 11.3. The minimum absolute atomic E-state index is 0.0757. The zero-order valence-electron chi connectivity index (χ0n) is 9.19. The van der Waals surface area contributed by atoms with Crippen LogP contribution in [0.3, 0.4) is 0 Å². The van der Waals surface area contributed by atoms with E-state index in [1.54, 1.807) is 0 Å². The maximum Gasteiger partial charge on any atom is 0.244 e. The number of hydroxylamine groups is 1. The Morgan fingerprint density at radius 3 is 2.67 bits per heavy atom. The molecule has 1 rings (SSSR count). The van der Waals surface area contributed by atoms with E-state index in [1.165, 1.54) is 5.56 Å². The molecule has 0 fully saturated rings. The fraction of sp³-hybridized carbons (Fsp3) is 0.417. The molecule has 82 valence electrons. The Morgan fingerprint density at radius 2 is 2.07 bits per heavy atom. The molecule has 0 spiro atoms. The topological polar surface area (TPSA) is 38.3 Å². The number of benzene rings is 1. The minimum Gasteiger partial charge on any atom is -0.274 e. The summed E-state index contributed by atoms with van der Waals surface area (Å²) in [6, 6.07) is 9.98. The number of carbonyl (C=O) groups excluding carboxylic acids is 1. The molecule has 3 nitrogen and oxygen atoms in total. The van der Waals surface area contributed by atoms with Gasteiger partial charge in [0.25, 0.3) is 0 Å². The second kappa shape index (κ2) is 6.19. The molecule has 1 amide bonds. The molecule has 0 saturated heterocycles. The van der Waals surface area contributed by atoms with Crippen LogP contribution >= 0.6 is 0 Å². The summed E-state index contributed by atoms with van der Waals surface area (Å²) in [6.07, 6.45) is 0.448.